The highest BCUT2D eigenvalue weighted by atomic mass is 15.3. The van der Waals surface area contributed by atoms with E-state index >= 15 is 0 Å². The molecule has 4 heteroatoms. The Hall–Kier alpha value is -0.870. The van der Waals surface area contributed by atoms with Gasteiger partial charge in [-0.05, 0) is 12.8 Å². The van der Waals surface area contributed by atoms with Gasteiger partial charge < -0.3 is 11.1 Å². The van der Waals surface area contributed by atoms with E-state index in [0.29, 0.717) is 12.6 Å². The minimum absolute atomic E-state index is 0.0569. The Morgan fingerprint density at radius 1 is 1.42 bits per heavy atom. The summed E-state index contributed by atoms with van der Waals surface area (Å²) in [6.45, 7) is 7.26. The van der Waals surface area contributed by atoms with E-state index in [9.17, 15) is 0 Å². The van der Waals surface area contributed by atoms with Crippen LogP contribution >= 0.6 is 0 Å². The molecule has 3 N–H and O–H groups in total. The molecule has 1 aromatic heterocycles. The van der Waals surface area contributed by atoms with Gasteiger partial charge in [0.15, 0.2) is 0 Å². The number of nitrogens with two attached hydrogens (primary N) is 1. The molecule has 1 unspecified atom stereocenters. The van der Waals surface area contributed by atoms with Crippen molar-refractivity contribution in [3.63, 3.8) is 0 Å². The predicted octanol–water partition coefficient (Wildman–Crippen LogP) is 2.25. The zero-order chi connectivity index (χ0) is 14.0. The van der Waals surface area contributed by atoms with Crippen LogP contribution in [0.2, 0.25) is 0 Å². The van der Waals surface area contributed by atoms with Gasteiger partial charge in [-0.15, -0.1) is 0 Å². The first-order valence-electron chi connectivity index (χ1n) is 7.42. The molecule has 1 aromatic rings. The van der Waals surface area contributed by atoms with Crippen molar-refractivity contribution in [2.45, 2.75) is 64.0 Å². The van der Waals surface area contributed by atoms with E-state index in [4.69, 9.17) is 5.73 Å². The molecule has 1 aliphatic carbocycles. The van der Waals surface area contributed by atoms with Gasteiger partial charge in [0.1, 0.15) is 0 Å². The normalized spacial score (nSPS) is 19.0. The lowest BCUT2D eigenvalue weighted by molar-refractivity contribution is 0.435. The van der Waals surface area contributed by atoms with Crippen molar-refractivity contribution < 1.29 is 0 Å². The number of hydrogen-bond acceptors (Lipinski definition) is 3. The maximum Gasteiger partial charge on any atom is 0.0726 e. The lowest BCUT2D eigenvalue weighted by Gasteiger charge is -2.25. The van der Waals surface area contributed by atoms with Crippen molar-refractivity contribution in [1.29, 1.82) is 0 Å². The Bertz CT molecular complexity index is 410. The average Bonchev–Trinajstić information content (AvgIpc) is 2.93. The summed E-state index contributed by atoms with van der Waals surface area (Å²) < 4.78 is 1.91. The lowest BCUT2D eigenvalue weighted by atomic mass is 9.87. The summed E-state index contributed by atoms with van der Waals surface area (Å²) in [5, 5.41) is 8.38. The summed E-state index contributed by atoms with van der Waals surface area (Å²) in [4.78, 5) is 0. The second kappa shape index (κ2) is 5.63. The molecule has 2 rings (SSSR count). The summed E-state index contributed by atoms with van der Waals surface area (Å²) in [5.74, 6) is 0. The molecule has 4 nitrogen and oxygen atoms in total. The highest BCUT2D eigenvalue weighted by Crippen LogP contribution is 2.29. The van der Waals surface area contributed by atoms with Crippen molar-refractivity contribution in [3.8, 4) is 0 Å². The van der Waals surface area contributed by atoms with Crippen molar-refractivity contribution in [2.75, 3.05) is 6.54 Å². The van der Waals surface area contributed by atoms with E-state index in [1.54, 1.807) is 0 Å². The van der Waals surface area contributed by atoms with Gasteiger partial charge in [-0.25, -0.2) is 0 Å². The van der Waals surface area contributed by atoms with Gasteiger partial charge in [0.05, 0.1) is 5.69 Å². The van der Waals surface area contributed by atoms with Gasteiger partial charge in [-0.1, -0.05) is 33.6 Å². The lowest BCUT2D eigenvalue weighted by Crippen LogP contribution is -2.36. The fourth-order valence-electron chi connectivity index (χ4n) is 3.01. The SMILES string of the molecule is Cn1cc(C(CN)NC2CCCC2)c(C(C)(C)C)n1. The third-order valence-electron chi connectivity index (χ3n) is 3.97. The topological polar surface area (TPSA) is 55.9 Å². The van der Waals surface area contributed by atoms with Crippen LogP contribution in [0.1, 0.15) is 63.8 Å². The van der Waals surface area contributed by atoms with E-state index in [2.05, 4.69) is 37.4 Å². The molecule has 0 amide bonds. The second-order valence-electron chi connectivity index (χ2n) is 6.79. The average molecular weight is 264 g/mol. The summed E-state index contributed by atoms with van der Waals surface area (Å²) in [6, 6.07) is 0.854. The minimum Gasteiger partial charge on any atom is -0.329 e. The van der Waals surface area contributed by atoms with Gasteiger partial charge in [-0.2, -0.15) is 5.10 Å². The summed E-state index contributed by atoms with van der Waals surface area (Å²) >= 11 is 0. The first-order valence-corrected chi connectivity index (χ1v) is 7.42. The van der Waals surface area contributed by atoms with E-state index < -0.39 is 0 Å². The Balaban J connectivity index is 2.22. The number of hydrogen-bond donors (Lipinski definition) is 2. The molecular formula is C15H28N4. The van der Waals surface area contributed by atoms with E-state index in [-0.39, 0.29) is 11.5 Å². The molecule has 108 valence electrons. The molecule has 1 atom stereocenters. The molecule has 0 saturated heterocycles. The van der Waals surface area contributed by atoms with E-state index in [1.165, 1.54) is 31.2 Å². The number of nitrogens with zero attached hydrogens (tertiary/aromatic N) is 2. The monoisotopic (exact) mass is 264 g/mol. The maximum absolute atomic E-state index is 6.00. The van der Waals surface area contributed by atoms with Gasteiger partial charge in [-0.3, -0.25) is 4.68 Å². The Kier molecular flexibility index (Phi) is 4.31. The van der Waals surface area contributed by atoms with Crippen molar-refractivity contribution in [3.05, 3.63) is 17.5 Å². The molecule has 1 aliphatic rings. The first kappa shape index (κ1) is 14.5. The van der Waals surface area contributed by atoms with Gasteiger partial charge in [0.2, 0.25) is 0 Å². The van der Waals surface area contributed by atoms with Crippen LogP contribution in [-0.4, -0.2) is 22.4 Å². The molecule has 0 bridgehead atoms. The van der Waals surface area contributed by atoms with Gasteiger partial charge in [0, 0.05) is 42.9 Å². The second-order valence-corrected chi connectivity index (χ2v) is 6.79. The zero-order valence-electron chi connectivity index (χ0n) is 12.7. The van der Waals surface area contributed by atoms with Gasteiger partial charge >= 0.3 is 0 Å². The van der Waals surface area contributed by atoms with Crippen LogP contribution in [-0.2, 0) is 12.5 Å². The summed E-state index contributed by atoms with van der Waals surface area (Å²) in [6.07, 6.45) is 7.37. The Morgan fingerprint density at radius 2 is 2.05 bits per heavy atom. The van der Waals surface area contributed by atoms with Crippen LogP contribution in [0.25, 0.3) is 0 Å². The quantitative estimate of drug-likeness (QED) is 0.877. The third kappa shape index (κ3) is 3.37. The molecule has 1 fully saturated rings. The molecule has 0 spiro atoms. The van der Waals surface area contributed by atoms with Crippen molar-refractivity contribution >= 4 is 0 Å². The number of aromatic nitrogens is 2. The predicted molar refractivity (Wildman–Crippen MR) is 79.1 cm³/mol. The van der Waals surface area contributed by atoms with Crippen LogP contribution in [0.3, 0.4) is 0 Å². The number of nitrogens with one attached hydrogen (secondary N) is 1. The Morgan fingerprint density at radius 3 is 2.58 bits per heavy atom. The molecular weight excluding hydrogens is 236 g/mol. The smallest absolute Gasteiger partial charge is 0.0726 e. The van der Waals surface area contributed by atoms with Crippen LogP contribution in [0, 0.1) is 0 Å². The number of aryl methyl sites for hydroxylation is 1. The van der Waals surface area contributed by atoms with Crippen LogP contribution < -0.4 is 11.1 Å². The molecule has 1 saturated carbocycles. The highest BCUT2D eigenvalue weighted by Gasteiger charge is 2.27. The first-order chi connectivity index (χ1) is 8.91. The van der Waals surface area contributed by atoms with Crippen molar-refractivity contribution in [1.82, 2.24) is 15.1 Å². The zero-order valence-corrected chi connectivity index (χ0v) is 12.7. The molecule has 0 aliphatic heterocycles. The molecule has 0 radical (unpaired) electrons. The summed E-state index contributed by atoms with van der Waals surface area (Å²) in [7, 11) is 1.99. The van der Waals surface area contributed by atoms with Crippen LogP contribution in [0.4, 0.5) is 0 Å². The standard InChI is InChI=1S/C15H28N4/c1-15(2,3)14-12(10-19(4)18-14)13(9-16)17-11-7-5-6-8-11/h10-11,13,17H,5-9,16H2,1-4H3. The highest BCUT2D eigenvalue weighted by molar-refractivity contribution is 5.28. The molecule has 0 aromatic carbocycles. The number of rotatable bonds is 4. The molecule has 19 heavy (non-hydrogen) atoms. The fourth-order valence-corrected chi connectivity index (χ4v) is 3.01. The van der Waals surface area contributed by atoms with Crippen LogP contribution in [0.15, 0.2) is 6.20 Å². The van der Waals surface area contributed by atoms with E-state index in [0.717, 1.165) is 5.69 Å². The Labute approximate surface area is 116 Å². The fraction of sp³-hybridized carbons (Fsp3) is 0.800. The largest absolute Gasteiger partial charge is 0.329 e. The van der Waals surface area contributed by atoms with E-state index in [1.807, 2.05) is 11.7 Å². The molecule has 1 heterocycles. The maximum atomic E-state index is 6.00. The van der Waals surface area contributed by atoms with Crippen molar-refractivity contribution in [2.24, 2.45) is 12.8 Å². The van der Waals surface area contributed by atoms with Crippen LogP contribution in [0.5, 0.6) is 0 Å². The van der Waals surface area contributed by atoms with Gasteiger partial charge in [0.25, 0.3) is 0 Å². The third-order valence-corrected chi connectivity index (χ3v) is 3.97. The minimum atomic E-state index is 0.0569. The summed E-state index contributed by atoms with van der Waals surface area (Å²) in [5.41, 5.74) is 8.49.